The van der Waals surface area contributed by atoms with Crippen LogP contribution in [0.25, 0.3) is 11.1 Å². The molecule has 1 aromatic heterocycles. The number of nitrogens with zero attached hydrogens (tertiary/aromatic N) is 2. The molecule has 0 aliphatic carbocycles. The molecular formula is C14H16N2O4S. The predicted octanol–water partition coefficient (Wildman–Crippen LogP) is 2.14. The third kappa shape index (κ3) is 2.82. The zero-order chi connectivity index (χ0) is 15.8. The fraction of sp³-hybridized carbons (Fsp3) is 0.286. The maximum atomic E-state index is 12.0. The second-order valence-corrected chi connectivity index (χ2v) is 7.38. The molecule has 0 radical (unpaired) electrons. The molecule has 6 nitrogen and oxygen atoms in total. The molecule has 0 atom stereocenters. The van der Waals surface area contributed by atoms with E-state index in [0.717, 1.165) is 4.09 Å². The first-order valence-corrected chi connectivity index (χ1v) is 7.87. The Morgan fingerprint density at radius 2 is 1.95 bits per heavy atom. The molecular weight excluding hydrogens is 292 g/mol. The van der Waals surface area contributed by atoms with Crippen LogP contribution in [0.5, 0.6) is 0 Å². The summed E-state index contributed by atoms with van der Waals surface area (Å²) >= 11 is 0. The molecule has 0 saturated heterocycles. The largest absolute Gasteiger partial charge is 0.478 e. The summed E-state index contributed by atoms with van der Waals surface area (Å²) in [6.45, 7) is 4.86. The Labute approximate surface area is 123 Å². The van der Waals surface area contributed by atoms with E-state index in [9.17, 15) is 13.2 Å². The Morgan fingerprint density at radius 1 is 1.29 bits per heavy atom. The lowest BCUT2D eigenvalue weighted by atomic mass is 10.0. The van der Waals surface area contributed by atoms with Crippen molar-refractivity contribution in [3.05, 3.63) is 41.7 Å². The second kappa shape index (κ2) is 5.33. The standard InChI is InChI=1S/C14H16N2O4S/c1-9(2)21(19,20)16-8-12(7-15-16)11-5-4-10(3)13(6-11)14(17)18/h4-9H,1-3H3,(H,17,18). The van der Waals surface area contributed by atoms with Gasteiger partial charge in [0.25, 0.3) is 10.0 Å². The van der Waals surface area contributed by atoms with Crippen molar-refractivity contribution in [2.24, 2.45) is 0 Å². The average molecular weight is 308 g/mol. The minimum absolute atomic E-state index is 0.187. The lowest BCUT2D eigenvalue weighted by Crippen LogP contribution is -2.22. The van der Waals surface area contributed by atoms with Gasteiger partial charge < -0.3 is 5.11 Å². The Kier molecular flexibility index (Phi) is 3.87. The highest BCUT2D eigenvalue weighted by atomic mass is 32.2. The number of rotatable bonds is 4. The zero-order valence-electron chi connectivity index (χ0n) is 11.9. The van der Waals surface area contributed by atoms with Crippen molar-refractivity contribution in [3.8, 4) is 11.1 Å². The van der Waals surface area contributed by atoms with E-state index in [4.69, 9.17) is 5.11 Å². The van der Waals surface area contributed by atoms with Crippen LogP contribution in [0.3, 0.4) is 0 Å². The first kappa shape index (κ1) is 15.2. The SMILES string of the molecule is Cc1ccc(-c2cnn(S(=O)(=O)C(C)C)c2)cc1C(=O)O. The number of carboxylic acid groups (broad SMARTS) is 1. The summed E-state index contributed by atoms with van der Waals surface area (Å²) in [6.07, 6.45) is 2.81. The number of hydrogen-bond acceptors (Lipinski definition) is 4. The molecule has 0 bridgehead atoms. The highest BCUT2D eigenvalue weighted by Crippen LogP contribution is 2.23. The molecule has 0 fully saturated rings. The molecule has 2 aromatic rings. The van der Waals surface area contributed by atoms with Crippen molar-refractivity contribution < 1.29 is 18.3 Å². The topological polar surface area (TPSA) is 89.3 Å². The zero-order valence-corrected chi connectivity index (χ0v) is 12.8. The molecule has 0 spiro atoms. The van der Waals surface area contributed by atoms with Gasteiger partial charge in [-0.1, -0.05) is 12.1 Å². The molecule has 0 aliphatic heterocycles. The minimum atomic E-state index is -3.51. The van der Waals surface area contributed by atoms with Gasteiger partial charge in [-0.15, -0.1) is 0 Å². The summed E-state index contributed by atoms with van der Waals surface area (Å²) in [6, 6.07) is 4.94. The van der Waals surface area contributed by atoms with Gasteiger partial charge in [0.05, 0.1) is 23.2 Å². The van der Waals surface area contributed by atoms with Crippen LogP contribution in [0.4, 0.5) is 0 Å². The number of aromatic carboxylic acids is 1. The van der Waals surface area contributed by atoms with Crippen LogP contribution in [0.15, 0.2) is 30.6 Å². The van der Waals surface area contributed by atoms with E-state index in [1.165, 1.54) is 18.5 Å². The van der Waals surface area contributed by atoms with Crippen molar-refractivity contribution in [2.75, 3.05) is 0 Å². The monoisotopic (exact) mass is 308 g/mol. The predicted molar refractivity (Wildman–Crippen MR) is 78.8 cm³/mol. The van der Waals surface area contributed by atoms with Crippen molar-refractivity contribution in [2.45, 2.75) is 26.0 Å². The first-order valence-electron chi connectivity index (χ1n) is 6.37. The second-order valence-electron chi connectivity index (χ2n) is 5.03. The normalized spacial score (nSPS) is 11.8. The van der Waals surface area contributed by atoms with Crippen LogP contribution in [-0.4, -0.2) is 33.9 Å². The van der Waals surface area contributed by atoms with Gasteiger partial charge in [0.2, 0.25) is 0 Å². The van der Waals surface area contributed by atoms with E-state index in [0.29, 0.717) is 16.7 Å². The molecule has 1 N–H and O–H groups in total. The molecule has 7 heteroatoms. The van der Waals surface area contributed by atoms with Gasteiger partial charge in [-0.25, -0.2) is 13.2 Å². The van der Waals surface area contributed by atoms with Crippen LogP contribution < -0.4 is 0 Å². The van der Waals surface area contributed by atoms with Gasteiger partial charge in [-0.05, 0) is 38.0 Å². The fourth-order valence-electron chi connectivity index (χ4n) is 1.84. The van der Waals surface area contributed by atoms with Crippen LogP contribution in [0, 0.1) is 6.92 Å². The summed E-state index contributed by atoms with van der Waals surface area (Å²) in [4.78, 5) is 11.1. The third-order valence-corrected chi connectivity index (χ3v) is 5.13. The average Bonchev–Trinajstić information content (AvgIpc) is 2.89. The van der Waals surface area contributed by atoms with Gasteiger partial charge in [-0.3, -0.25) is 0 Å². The smallest absolute Gasteiger partial charge is 0.335 e. The van der Waals surface area contributed by atoms with Gasteiger partial charge in [-0.2, -0.15) is 9.19 Å². The van der Waals surface area contributed by atoms with E-state index in [2.05, 4.69) is 5.10 Å². The molecule has 21 heavy (non-hydrogen) atoms. The molecule has 1 aromatic carbocycles. The molecule has 2 rings (SSSR count). The molecule has 0 amide bonds. The molecule has 0 aliphatic rings. The fourth-order valence-corrected chi connectivity index (χ4v) is 2.71. The van der Waals surface area contributed by atoms with Crippen LogP contribution in [0.2, 0.25) is 0 Å². The van der Waals surface area contributed by atoms with Crippen LogP contribution in [0.1, 0.15) is 29.8 Å². The highest BCUT2D eigenvalue weighted by Gasteiger charge is 2.20. The van der Waals surface area contributed by atoms with E-state index >= 15 is 0 Å². The van der Waals surface area contributed by atoms with Crippen LogP contribution >= 0.6 is 0 Å². The summed E-state index contributed by atoms with van der Waals surface area (Å²) in [5, 5.41) is 12.4. The lowest BCUT2D eigenvalue weighted by Gasteiger charge is -2.06. The van der Waals surface area contributed by atoms with Gasteiger partial charge in [0.1, 0.15) is 0 Å². The van der Waals surface area contributed by atoms with Gasteiger partial charge >= 0.3 is 5.97 Å². The molecule has 1 heterocycles. The number of benzene rings is 1. The summed E-state index contributed by atoms with van der Waals surface area (Å²) in [5.41, 5.74) is 2.00. The van der Waals surface area contributed by atoms with Crippen molar-refractivity contribution in [1.29, 1.82) is 0 Å². The van der Waals surface area contributed by atoms with Gasteiger partial charge in [0.15, 0.2) is 0 Å². The number of aromatic nitrogens is 2. The highest BCUT2D eigenvalue weighted by molar-refractivity contribution is 7.90. The van der Waals surface area contributed by atoms with Crippen molar-refractivity contribution in [3.63, 3.8) is 0 Å². The maximum Gasteiger partial charge on any atom is 0.335 e. The van der Waals surface area contributed by atoms with E-state index in [-0.39, 0.29) is 5.56 Å². The quantitative estimate of drug-likeness (QED) is 0.934. The van der Waals surface area contributed by atoms with E-state index in [1.54, 1.807) is 32.9 Å². The van der Waals surface area contributed by atoms with Crippen molar-refractivity contribution >= 4 is 16.0 Å². The Morgan fingerprint density at radius 3 is 2.52 bits per heavy atom. The summed E-state index contributed by atoms with van der Waals surface area (Å²) in [7, 11) is -3.51. The minimum Gasteiger partial charge on any atom is -0.478 e. The molecule has 0 unspecified atom stereocenters. The Hall–Kier alpha value is -2.15. The van der Waals surface area contributed by atoms with Gasteiger partial charge in [0, 0.05) is 5.56 Å². The Balaban J connectivity index is 2.48. The Bertz CT molecular complexity index is 791. The molecule has 112 valence electrons. The van der Waals surface area contributed by atoms with Crippen LogP contribution in [-0.2, 0) is 10.0 Å². The van der Waals surface area contributed by atoms with Crippen molar-refractivity contribution in [1.82, 2.24) is 9.19 Å². The number of carbonyl (C=O) groups is 1. The molecule has 0 saturated carbocycles. The van der Waals surface area contributed by atoms with E-state index < -0.39 is 21.2 Å². The summed E-state index contributed by atoms with van der Waals surface area (Å²) in [5.74, 6) is -1.02. The number of carboxylic acids is 1. The van der Waals surface area contributed by atoms with E-state index in [1.807, 2.05) is 0 Å². The number of aryl methyl sites for hydroxylation is 1. The third-order valence-electron chi connectivity index (χ3n) is 3.22. The number of hydrogen-bond donors (Lipinski definition) is 1. The summed E-state index contributed by atoms with van der Waals surface area (Å²) < 4.78 is 24.9. The maximum absolute atomic E-state index is 12.0. The first-order chi connectivity index (χ1) is 9.73. The lowest BCUT2D eigenvalue weighted by molar-refractivity contribution is 0.0696.